The summed E-state index contributed by atoms with van der Waals surface area (Å²) in [6.45, 7) is 7.65. The summed E-state index contributed by atoms with van der Waals surface area (Å²) < 4.78 is 31.3. The Kier molecular flexibility index (Phi) is 3.93. The minimum Gasteiger partial charge on any atom is -0.465 e. The van der Waals surface area contributed by atoms with Gasteiger partial charge in [-0.2, -0.15) is 0 Å². The van der Waals surface area contributed by atoms with Crippen LogP contribution in [0.5, 0.6) is 0 Å². The van der Waals surface area contributed by atoms with E-state index < -0.39 is 30.1 Å². The monoisotopic (exact) mass is 330 g/mol. The van der Waals surface area contributed by atoms with Crippen LogP contribution in [0, 0.1) is 5.82 Å². The third kappa shape index (κ3) is 2.60. The zero-order valence-electron chi connectivity index (χ0n) is 14.5. The largest absolute Gasteiger partial charge is 0.498 e. The van der Waals surface area contributed by atoms with Gasteiger partial charge < -0.3 is 14.0 Å². The van der Waals surface area contributed by atoms with Crippen LogP contribution in [0.3, 0.4) is 0 Å². The molecule has 0 radical (unpaired) electrons. The zero-order valence-corrected chi connectivity index (χ0v) is 14.5. The van der Waals surface area contributed by atoms with E-state index >= 15 is 0 Å². The summed E-state index contributed by atoms with van der Waals surface area (Å²) in [5.41, 5.74) is -0.497. The summed E-state index contributed by atoms with van der Waals surface area (Å²) in [5, 5.41) is 1.38. The molecule has 0 atom stereocenters. The molecule has 1 fully saturated rings. The summed E-state index contributed by atoms with van der Waals surface area (Å²) in [6, 6.07) is 8.08. The molecule has 1 aliphatic heterocycles. The van der Waals surface area contributed by atoms with Crippen molar-refractivity contribution < 1.29 is 23.2 Å². The number of halogens is 1. The molecule has 0 aromatic heterocycles. The normalized spacial score (nSPS) is 18.8. The summed E-state index contributed by atoms with van der Waals surface area (Å²) in [6.07, 6.45) is 0. The minimum absolute atomic E-state index is 0.303. The predicted molar refractivity (Wildman–Crippen MR) is 91.0 cm³/mol. The van der Waals surface area contributed by atoms with Gasteiger partial charge in [0, 0.05) is 5.46 Å². The number of carbonyl (C=O) groups is 1. The number of hydrogen-bond donors (Lipinski definition) is 0. The second-order valence-corrected chi connectivity index (χ2v) is 6.98. The molecule has 0 unspecified atom stereocenters. The maximum Gasteiger partial charge on any atom is 0.498 e. The Bertz CT molecular complexity index is 800. The molecular weight excluding hydrogens is 310 g/mol. The summed E-state index contributed by atoms with van der Waals surface area (Å²) in [7, 11) is 0.472. The van der Waals surface area contributed by atoms with Gasteiger partial charge in [-0.25, -0.2) is 9.18 Å². The Morgan fingerprint density at radius 1 is 1.08 bits per heavy atom. The van der Waals surface area contributed by atoms with Crippen molar-refractivity contribution in [2.24, 2.45) is 0 Å². The number of carbonyl (C=O) groups excluding carboxylic acids is 1. The van der Waals surface area contributed by atoms with Gasteiger partial charge in [0.1, 0.15) is 5.82 Å². The molecular formula is C18H20BFO4. The lowest BCUT2D eigenvalue weighted by molar-refractivity contribution is 0.00578. The van der Waals surface area contributed by atoms with Gasteiger partial charge in [0.2, 0.25) is 0 Å². The van der Waals surface area contributed by atoms with Crippen LogP contribution in [0.4, 0.5) is 4.39 Å². The number of ether oxygens (including phenoxy) is 1. The molecule has 3 rings (SSSR count). The molecule has 6 heteroatoms. The van der Waals surface area contributed by atoms with Gasteiger partial charge >= 0.3 is 13.1 Å². The molecule has 0 aliphatic carbocycles. The molecule has 2 aromatic carbocycles. The van der Waals surface area contributed by atoms with Crippen LogP contribution in [-0.4, -0.2) is 31.4 Å². The van der Waals surface area contributed by atoms with Gasteiger partial charge in [-0.3, -0.25) is 0 Å². The van der Waals surface area contributed by atoms with Crippen LogP contribution in [0.15, 0.2) is 30.3 Å². The fraction of sp³-hybridized carbons (Fsp3) is 0.389. The number of esters is 1. The van der Waals surface area contributed by atoms with Gasteiger partial charge in [0.15, 0.2) is 0 Å². The topological polar surface area (TPSA) is 44.8 Å². The van der Waals surface area contributed by atoms with Crippen molar-refractivity contribution in [3.8, 4) is 0 Å². The highest BCUT2D eigenvalue weighted by atomic mass is 19.1. The second-order valence-electron chi connectivity index (χ2n) is 6.98. The fourth-order valence-electron chi connectivity index (χ4n) is 2.76. The van der Waals surface area contributed by atoms with Gasteiger partial charge in [0.25, 0.3) is 0 Å². The van der Waals surface area contributed by atoms with Gasteiger partial charge in [0.05, 0.1) is 23.9 Å². The SMILES string of the molecule is COC(=O)c1ccc2ccc(F)c(B3OC(C)(C)C(C)(C)O3)c2c1. The van der Waals surface area contributed by atoms with Crippen LogP contribution >= 0.6 is 0 Å². The minimum atomic E-state index is -0.841. The molecule has 1 saturated heterocycles. The van der Waals surface area contributed by atoms with Crippen molar-refractivity contribution in [1.29, 1.82) is 0 Å². The van der Waals surface area contributed by atoms with E-state index in [-0.39, 0.29) is 0 Å². The summed E-state index contributed by atoms with van der Waals surface area (Å²) in [4.78, 5) is 11.8. The first kappa shape index (κ1) is 16.9. The Hall–Kier alpha value is -1.92. The lowest BCUT2D eigenvalue weighted by atomic mass is 9.75. The third-order valence-corrected chi connectivity index (χ3v) is 4.92. The standard InChI is InChI=1S/C18H20BFO4/c1-17(2)18(3,4)24-19(23-17)15-13-10-12(16(21)22-5)7-6-11(13)8-9-14(15)20/h6-10H,1-5H3. The van der Waals surface area contributed by atoms with Crippen LogP contribution in [0.2, 0.25) is 0 Å². The van der Waals surface area contributed by atoms with E-state index in [1.165, 1.54) is 13.2 Å². The van der Waals surface area contributed by atoms with Crippen LogP contribution in [0.25, 0.3) is 10.8 Å². The molecule has 1 heterocycles. The molecule has 0 spiro atoms. The van der Waals surface area contributed by atoms with Gasteiger partial charge in [-0.1, -0.05) is 12.1 Å². The quantitative estimate of drug-likeness (QED) is 0.627. The predicted octanol–water partition coefficient (Wildman–Crippen LogP) is 3.06. The molecule has 126 valence electrons. The van der Waals surface area contributed by atoms with Crippen LogP contribution in [-0.2, 0) is 14.0 Å². The van der Waals surface area contributed by atoms with E-state index in [0.29, 0.717) is 16.4 Å². The fourth-order valence-corrected chi connectivity index (χ4v) is 2.76. The van der Waals surface area contributed by atoms with Gasteiger partial charge in [-0.15, -0.1) is 0 Å². The van der Waals surface area contributed by atoms with E-state index in [9.17, 15) is 9.18 Å². The van der Waals surface area contributed by atoms with Crippen molar-refractivity contribution >= 4 is 29.3 Å². The van der Waals surface area contributed by atoms with Crippen molar-refractivity contribution in [3.63, 3.8) is 0 Å². The van der Waals surface area contributed by atoms with Crippen molar-refractivity contribution in [2.75, 3.05) is 7.11 Å². The molecule has 2 aromatic rings. The number of methoxy groups -OCH3 is 1. The number of benzene rings is 2. The van der Waals surface area contributed by atoms with Gasteiger partial charge in [-0.05, 0) is 56.7 Å². The Morgan fingerprint density at radius 2 is 1.67 bits per heavy atom. The lowest BCUT2D eigenvalue weighted by Gasteiger charge is -2.32. The second kappa shape index (κ2) is 5.57. The van der Waals surface area contributed by atoms with Crippen molar-refractivity contribution in [1.82, 2.24) is 0 Å². The third-order valence-electron chi connectivity index (χ3n) is 4.92. The average molecular weight is 330 g/mol. The average Bonchev–Trinajstić information content (AvgIpc) is 2.73. The first-order valence-electron chi connectivity index (χ1n) is 7.82. The Morgan fingerprint density at radius 3 is 2.25 bits per heavy atom. The van der Waals surface area contributed by atoms with E-state index in [1.807, 2.05) is 27.7 Å². The molecule has 1 aliphatic rings. The van der Waals surface area contributed by atoms with E-state index in [1.54, 1.807) is 24.3 Å². The Balaban J connectivity index is 2.17. The van der Waals surface area contributed by atoms with E-state index in [0.717, 1.165) is 5.39 Å². The van der Waals surface area contributed by atoms with Crippen molar-refractivity contribution in [2.45, 2.75) is 38.9 Å². The highest BCUT2D eigenvalue weighted by molar-refractivity contribution is 6.65. The zero-order chi connectivity index (χ0) is 17.7. The Labute approximate surface area is 141 Å². The highest BCUT2D eigenvalue weighted by Crippen LogP contribution is 2.37. The van der Waals surface area contributed by atoms with Crippen LogP contribution < -0.4 is 5.46 Å². The molecule has 0 bridgehead atoms. The molecule has 4 nitrogen and oxygen atoms in total. The first-order valence-corrected chi connectivity index (χ1v) is 7.82. The van der Waals surface area contributed by atoms with E-state index in [2.05, 4.69) is 0 Å². The van der Waals surface area contributed by atoms with E-state index in [4.69, 9.17) is 14.0 Å². The van der Waals surface area contributed by atoms with Crippen LogP contribution in [0.1, 0.15) is 38.1 Å². The number of hydrogen-bond acceptors (Lipinski definition) is 4. The summed E-state index contributed by atoms with van der Waals surface area (Å²) in [5.74, 6) is -0.899. The maximum atomic E-state index is 14.6. The number of rotatable bonds is 2. The number of fused-ring (bicyclic) bond motifs is 1. The smallest absolute Gasteiger partial charge is 0.465 e. The van der Waals surface area contributed by atoms with Crippen molar-refractivity contribution in [3.05, 3.63) is 41.7 Å². The lowest BCUT2D eigenvalue weighted by Crippen LogP contribution is -2.41. The highest BCUT2D eigenvalue weighted by Gasteiger charge is 2.52. The first-order chi connectivity index (χ1) is 11.2. The molecule has 24 heavy (non-hydrogen) atoms. The molecule has 0 saturated carbocycles. The molecule has 0 N–H and O–H groups in total. The maximum absolute atomic E-state index is 14.6. The summed E-state index contributed by atoms with van der Waals surface area (Å²) >= 11 is 0. The molecule has 0 amide bonds.